The van der Waals surface area contributed by atoms with Gasteiger partial charge >= 0.3 is 148 Å². The minimum atomic E-state index is -8.34. The van der Waals surface area contributed by atoms with Crippen molar-refractivity contribution in [1.82, 2.24) is 5.65 Å². The van der Waals surface area contributed by atoms with Crippen LogP contribution < -0.4 is 20.1 Å². The van der Waals surface area contributed by atoms with E-state index in [9.17, 15) is 21.3 Å². The molecule has 0 saturated carbocycles. The maximum atomic E-state index is 13.0. The fourth-order valence-electron chi connectivity index (χ4n) is 2.58. The summed E-state index contributed by atoms with van der Waals surface area (Å²) in [6.07, 6.45) is 0. The van der Waals surface area contributed by atoms with Crippen molar-refractivity contribution in [3.05, 3.63) is 53.6 Å². The van der Waals surface area contributed by atoms with Crippen molar-refractivity contribution >= 4 is 19.4 Å². The van der Waals surface area contributed by atoms with Crippen molar-refractivity contribution in [1.29, 1.82) is 0 Å². The molecule has 0 amide bonds. The number of rotatable bonds is 8. The van der Waals surface area contributed by atoms with Crippen LogP contribution in [0.25, 0.3) is 0 Å². The maximum absolute atomic E-state index is 13.0. The first kappa shape index (κ1) is 22.2. The molecule has 4 nitrogen and oxygen atoms in total. The average molecular weight is 423 g/mol. The van der Waals surface area contributed by atoms with Crippen molar-refractivity contribution in [2.45, 2.75) is 26.8 Å². The molecule has 10 heteroatoms. The van der Waals surface area contributed by atoms with Crippen LogP contribution in [0.15, 0.2) is 42.5 Å². The molecule has 0 radical (unpaired) electrons. The van der Waals surface area contributed by atoms with Crippen LogP contribution >= 0.6 is 8.00 Å². The van der Waals surface area contributed by atoms with E-state index in [1.165, 1.54) is 19.1 Å². The average Bonchev–Trinajstić information content (AvgIpc) is 2.60. The fraction of sp³-hybridized carbons (Fsp3) is 0.333. The normalized spacial score (nSPS) is 14.1. The van der Waals surface area contributed by atoms with E-state index in [2.05, 4.69) is 0 Å². The van der Waals surface area contributed by atoms with Crippen LogP contribution in [0.3, 0.4) is 0 Å². The number of nitrogens with one attached hydrogen (secondary N) is 1. The Labute approximate surface area is 161 Å². The van der Waals surface area contributed by atoms with Gasteiger partial charge in [0, 0.05) is 0 Å². The second-order valence-corrected chi connectivity index (χ2v) is 8.41. The van der Waals surface area contributed by atoms with Crippen molar-refractivity contribution in [3.8, 4) is 5.75 Å². The molecule has 2 aromatic carbocycles. The topological polar surface area (TPSA) is 27.7 Å². The van der Waals surface area contributed by atoms with Crippen LogP contribution in [0.2, 0.25) is 0 Å². The monoisotopic (exact) mass is 423 g/mol. The fourth-order valence-corrected chi connectivity index (χ4v) is 3.24. The van der Waals surface area contributed by atoms with E-state index in [1.54, 1.807) is 7.05 Å². The van der Waals surface area contributed by atoms with Gasteiger partial charge in [-0.1, -0.05) is 5.56 Å². The summed E-state index contributed by atoms with van der Waals surface area (Å²) in [6.45, 7) is 5.56. The third-order valence-electron chi connectivity index (χ3n) is 4.37. The predicted molar refractivity (Wildman–Crippen MR) is 104 cm³/mol. The van der Waals surface area contributed by atoms with Crippen LogP contribution in [0.1, 0.15) is 18.1 Å². The van der Waals surface area contributed by atoms with Gasteiger partial charge in [0.05, 0.1) is 0 Å². The van der Waals surface area contributed by atoms with Gasteiger partial charge in [0.25, 0.3) is 0 Å². The standard InChI is InChI=1S/C18H23F5N3OP/c1-13-5-8-17(9-6-13)27-12-15(3)25(4)16-7-10-18(14(2)11-16)26(24-19)28(20,21,22)23/h5-11,15,24H,12H2,1-4H3. The summed E-state index contributed by atoms with van der Waals surface area (Å²) in [5.41, 5.74) is 1.56. The molecule has 156 valence electrons. The van der Waals surface area contributed by atoms with E-state index in [0.29, 0.717) is 23.7 Å². The zero-order chi connectivity index (χ0) is 21.1. The van der Waals surface area contributed by atoms with Crippen LogP contribution in [0.5, 0.6) is 5.75 Å². The first-order chi connectivity index (χ1) is 12.9. The van der Waals surface area contributed by atoms with Crippen LogP contribution in [0, 0.1) is 13.8 Å². The van der Waals surface area contributed by atoms with Gasteiger partial charge in [-0.25, -0.2) is 0 Å². The van der Waals surface area contributed by atoms with Gasteiger partial charge in [0.1, 0.15) is 0 Å². The molecule has 0 saturated heterocycles. The Morgan fingerprint density at radius 3 is 2.14 bits per heavy atom. The summed E-state index contributed by atoms with van der Waals surface area (Å²) in [5.74, 6) is 0.713. The molecule has 0 aliphatic carbocycles. The van der Waals surface area contributed by atoms with Crippen molar-refractivity contribution in [3.63, 3.8) is 0 Å². The number of likely N-dealkylation sites (N-methyl/N-ethyl adjacent to an activating group) is 1. The Morgan fingerprint density at radius 2 is 1.64 bits per heavy atom. The van der Waals surface area contributed by atoms with Gasteiger partial charge in [0.2, 0.25) is 0 Å². The van der Waals surface area contributed by atoms with Gasteiger partial charge in [-0.15, -0.1) is 0 Å². The van der Waals surface area contributed by atoms with Gasteiger partial charge in [-0.2, -0.15) is 0 Å². The van der Waals surface area contributed by atoms with E-state index in [0.717, 1.165) is 11.6 Å². The Hall–Kier alpha value is -2.12. The molecule has 0 aliphatic rings. The number of halogens is 5. The SMILES string of the molecule is Cc1ccc(OCC(C)N(C)c2ccc(N(NF)P(F)(F)(F)F)c(C)c2)cc1. The molecule has 2 aromatic rings. The summed E-state index contributed by atoms with van der Waals surface area (Å²) in [4.78, 5) is 1.81. The quantitative estimate of drug-likeness (QED) is 0.230. The number of hydrazine groups is 1. The number of anilines is 2. The van der Waals surface area contributed by atoms with E-state index in [4.69, 9.17) is 4.74 Å². The molecule has 1 atom stereocenters. The van der Waals surface area contributed by atoms with E-state index in [1.807, 2.05) is 43.0 Å². The molecule has 1 unspecified atom stereocenters. The van der Waals surface area contributed by atoms with Gasteiger partial charge in [0.15, 0.2) is 0 Å². The van der Waals surface area contributed by atoms with E-state index < -0.39 is 18.5 Å². The molecule has 0 heterocycles. The zero-order valence-electron chi connectivity index (χ0n) is 16.0. The minimum absolute atomic E-state index is 0.0701. The summed E-state index contributed by atoms with van der Waals surface area (Å²) in [6, 6.07) is 11.3. The predicted octanol–water partition coefficient (Wildman–Crippen LogP) is 6.41. The van der Waals surface area contributed by atoms with E-state index >= 15 is 0 Å². The molecule has 0 spiro atoms. The molecule has 0 aromatic heterocycles. The first-order valence-electron chi connectivity index (χ1n) is 8.48. The summed E-state index contributed by atoms with van der Waals surface area (Å²) in [7, 11) is -6.58. The number of nitrogens with zero attached hydrogens (tertiary/aromatic N) is 2. The van der Waals surface area contributed by atoms with Gasteiger partial charge < -0.3 is 0 Å². The van der Waals surface area contributed by atoms with Crippen molar-refractivity contribution < 1.29 is 26.0 Å². The third kappa shape index (κ3) is 5.45. The number of benzene rings is 2. The van der Waals surface area contributed by atoms with E-state index in [-0.39, 0.29) is 11.6 Å². The number of ether oxygens (including phenoxy) is 1. The van der Waals surface area contributed by atoms with Crippen LogP contribution in [-0.4, -0.2) is 19.7 Å². The van der Waals surface area contributed by atoms with Gasteiger partial charge in [-0.3, -0.25) is 0 Å². The number of hydrogen-bond acceptors (Lipinski definition) is 4. The second kappa shape index (κ2) is 8.09. The Bertz CT molecular complexity index is 804. The Kier molecular flexibility index (Phi) is 6.41. The molecule has 28 heavy (non-hydrogen) atoms. The third-order valence-corrected chi connectivity index (χ3v) is 5.27. The summed E-state index contributed by atoms with van der Waals surface area (Å²) >= 11 is 0. The van der Waals surface area contributed by atoms with Crippen molar-refractivity contribution in [2.24, 2.45) is 0 Å². The van der Waals surface area contributed by atoms with Gasteiger partial charge in [-0.05, 0) is 6.92 Å². The van der Waals surface area contributed by atoms with Crippen LogP contribution in [0.4, 0.5) is 32.6 Å². The van der Waals surface area contributed by atoms with Crippen LogP contribution in [-0.2, 0) is 0 Å². The molecule has 1 N–H and O–H groups in total. The number of aryl methyl sites for hydroxylation is 2. The molecular formula is C18H23F5N3OP. The molecule has 0 fully saturated rings. The first-order valence-corrected chi connectivity index (χ1v) is 10.2. The molecule has 0 aliphatic heterocycles. The molecule has 0 bridgehead atoms. The van der Waals surface area contributed by atoms with Crippen molar-refractivity contribution in [2.75, 3.05) is 23.3 Å². The number of hydrogen-bond donors (Lipinski definition) is 1. The summed E-state index contributed by atoms with van der Waals surface area (Å²) in [5, 5.41) is 0. The Morgan fingerprint density at radius 1 is 1.04 bits per heavy atom. The second-order valence-electron chi connectivity index (χ2n) is 6.64. The summed E-state index contributed by atoms with van der Waals surface area (Å²) < 4.78 is 69.4. The zero-order valence-corrected chi connectivity index (χ0v) is 16.9. The Balaban J connectivity index is 2.12. The molecular weight excluding hydrogens is 400 g/mol. The molecule has 2 rings (SSSR count).